The van der Waals surface area contributed by atoms with Crippen LogP contribution in [0.4, 0.5) is 5.95 Å². The molecule has 1 N–H and O–H groups in total. The van der Waals surface area contributed by atoms with Gasteiger partial charge in [-0.2, -0.15) is 0 Å². The summed E-state index contributed by atoms with van der Waals surface area (Å²) in [6, 6.07) is 0. The molecule has 1 aromatic heterocycles. The van der Waals surface area contributed by atoms with Gasteiger partial charge < -0.3 is 24.5 Å². The van der Waals surface area contributed by atoms with Crippen LogP contribution in [0.1, 0.15) is 23.2 Å². The molecule has 0 saturated carbocycles. The van der Waals surface area contributed by atoms with Crippen molar-refractivity contribution in [3.8, 4) is 0 Å². The molecular formula is C17H27N5O3. The Balaban J connectivity index is 1.65. The van der Waals surface area contributed by atoms with Crippen LogP contribution in [0.25, 0.3) is 0 Å². The Labute approximate surface area is 148 Å². The number of carbonyl (C=O) groups excluding carboxylic acids is 1. The molecule has 2 aliphatic rings. The number of carbonyl (C=O) groups is 1. The molecule has 25 heavy (non-hydrogen) atoms. The van der Waals surface area contributed by atoms with E-state index in [4.69, 9.17) is 4.74 Å². The van der Waals surface area contributed by atoms with Gasteiger partial charge in [-0.05, 0) is 26.9 Å². The molecule has 2 saturated heterocycles. The van der Waals surface area contributed by atoms with E-state index < -0.39 is 5.60 Å². The summed E-state index contributed by atoms with van der Waals surface area (Å²) in [7, 11) is 3.86. The van der Waals surface area contributed by atoms with Gasteiger partial charge in [0.2, 0.25) is 5.95 Å². The molecule has 3 heterocycles. The van der Waals surface area contributed by atoms with Gasteiger partial charge in [0, 0.05) is 38.6 Å². The molecule has 1 unspecified atom stereocenters. The molecule has 8 heteroatoms. The van der Waals surface area contributed by atoms with Crippen LogP contribution in [-0.4, -0.2) is 96.4 Å². The molecule has 1 atom stereocenters. The number of aliphatic hydroxyl groups is 1. The third-order valence-electron chi connectivity index (χ3n) is 4.63. The number of morpholine rings is 1. The first-order valence-corrected chi connectivity index (χ1v) is 8.78. The number of amides is 1. The number of β-amino-alcohol motifs (C(OH)–C–C–N with tert-alkyl or cyclic N) is 1. The number of ether oxygens (including phenoxy) is 1. The quantitative estimate of drug-likeness (QED) is 0.809. The first-order chi connectivity index (χ1) is 12.0. The monoisotopic (exact) mass is 349 g/mol. The first kappa shape index (κ1) is 18.0. The predicted octanol–water partition coefficient (Wildman–Crippen LogP) is -0.158. The fourth-order valence-corrected chi connectivity index (χ4v) is 3.54. The van der Waals surface area contributed by atoms with Crippen molar-refractivity contribution in [3.05, 3.63) is 18.0 Å². The van der Waals surface area contributed by atoms with E-state index >= 15 is 0 Å². The van der Waals surface area contributed by atoms with Gasteiger partial charge in [-0.15, -0.1) is 0 Å². The number of anilines is 1. The Morgan fingerprint density at radius 2 is 1.96 bits per heavy atom. The van der Waals surface area contributed by atoms with Crippen LogP contribution in [0.3, 0.4) is 0 Å². The van der Waals surface area contributed by atoms with E-state index in [9.17, 15) is 9.90 Å². The first-order valence-electron chi connectivity index (χ1n) is 8.78. The molecule has 0 radical (unpaired) electrons. The van der Waals surface area contributed by atoms with Crippen molar-refractivity contribution in [3.63, 3.8) is 0 Å². The van der Waals surface area contributed by atoms with Crippen LogP contribution >= 0.6 is 0 Å². The molecule has 2 aliphatic heterocycles. The Morgan fingerprint density at radius 1 is 1.28 bits per heavy atom. The standard InChI is InChI=1S/C17H27N5O3/c1-20(2)12-17(24)4-3-5-22(13-17)15(23)14-10-18-16(19-11-14)21-6-8-25-9-7-21/h10-11,24H,3-9,12-13H2,1-2H3. The van der Waals surface area contributed by atoms with Crippen molar-refractivity contribution in [2.24, 2.45) is 0 Å². The van der Waals surface area contributed by atoms with Crippen LogP contribution in [-0.2, 0) is 4.74 Å². The zero-order valence-electron chi connectivity index (χ0n) is 15.0. The largest absolute Gasteiger partial charge is 0.387 e. The minimum atomic E-state index is -0.855. The average molecular weight is 349 g/mol. The van der Waals surface area contributed by atoms with Gasteiger partial charge in [-0.3, -0.25) is 4.79 Å². The number of nitrogens with zero attached hydrogens (tertiary/aromatic N) is 5. The van der Waals surface area contributed by atoms with Gasteiger partial charge in [-0.1, -0.05) is 0 Å². The van der Waals surface area contributed by atoms with Gasteiger partial charge in [-0.25, -0.2) is 9.97 Å². The van der Waals surface area contributed by atoms with Crippen LogP contribution in [0.5, 0.6) is 0 Å². The molecular weight excluding hydrogens is 322 g/mol. The zero-order chi connectivity index (χ0) is 17.9. The van der Waals surface area contributed by atoms with Gasteiger partial charge in [0.1, 0.15) is 0 Å². The summed E-state index contributed by atoms with van der Waals surface area (Å²) < 4.78 is 5.32. The number of aromatic nitrogens is 2. The highest BCUT2D eigenvalue weighted by Crippen LogP contribution is 2.23. The second-order valence-electron chi connectivity index (χ2n) is 7.16. The third kappa shape index (κ3) is 4.45. The molecule has 8 nitrogen and oxygen atoms in total. The number of hydrogen-bond acceptors (Lipinski definition) is 7. The van der Waals surface area contributed by atoms with Crippen molar-refractivity contribution in [1.29, 1.82) is 0 Å². The Morgan fingerprint density at radius 3 is 2.60 bits per heavy atom. The molecule has 0 spiro atoms. The van der Waals surface area contributed by atoms with Crippen molar-refractivity contribution < 1.29 is 14.6 Å². The summed E-state index contributed by atoms with van der Waals surface area (Å²) in [6.45, 7) is 4.40. The molecule has 2 fully saturated rings. The summed E-state index contributed by atoms with van der Waals surface area (Å²) in [5.74, 6) is 0.507. The Hall–Kier alpha value is -1.77. The number of likely N-dealkylation sites (N-methyl/N-ethyl adjacent to an activating group) is 1. The van der Waals surface area contributed by atoms with Crippen molar-refractivity contribution in [2.75, 3.05) is 64.9 Å². The minimum absolute atomic E-state index is 0.120. The Kier molecular flexibility index (Phi) is 5.51. The predicted molar refractivity (Wildman–Crippen MR) is 93.7 cm³/mol. The van der Waals surface area contributed by atoms with E-state index in [0.717, 1.165) is 19.5 Å². The summed E-state index contributed by atoms with van der Waals surface area (Å²) in [5.41, 5.74) is -0.391. The van der Waals surface area contributed by atoms with Crippen molar-refractivity contribution in [1.82, 2.24) is 19.8 Å². The molecule has 1 amide bonds. The second kappa shape index (κ2) is 7.63. The molecule has 1 aromatic rings. The summed E-state index contributed by atoms with van der Waals surface area (Å²) >= 11 is 0. The number of piperidine rings is 1. The number of rotatable bonds is 4. The highest BCUT2D eigenvalue weighted by atomic mass is 16.5. The van der Waals surface area contributed by atoms with E-state index in [2.05, 4.69) is 14.9 Å². The van der Waals surface area contributed by atoms with E-state index in [1.807, 2.05) is 19.0 Å². The topological polar surface area (TPSA) is 82.0 Å². The van der Waals surface area contributed by atoms with Gasteiger partial charge in [0.15, 0.2) is 0 Å². The lowest BCUT2D eigenvalue weighted by molar-refractivity contribution is -0.0391. The summed E-state index contributed by atoms with van der Waals surface area (Å²) in [4.78, 5) is 27.1. The van der Waals surface area contributed by atoms with E-state index in [-0.39, 0.29) is 5.91 Å². The van der Waals surface area contributed by atoms with Crippen LogP contribution < -0.4 is 4.90 Å². The molecule has 138 valence electrons. The highest BCUT2D eigenvalue weighted by molar-refractivity contribution is 5.93. The molecule has 0 bridgehead atoms. The molecule has 0 aliphatic carbocycles. The van der Waals surface area contributed by atoms with Crippen LogP contribution in [0.15, 0.2) is 12.4 Å². The third-order valence-corrected chi connectivity index (χ3v) is 4.63. The SMILES string of the molecule is CN(C)CC1(O)CCCN(C(=O)c2cnc(N3CCOCC3)nc2)C1. The highest BCUT2D eigenvalue weighted by Gasteiger charge is 2.36. The van der Waals surface area contributed by atoms with Gasteiger partial charge >= 0.3 is 0 Å². The zero-order valence-corrected chi connectivity index (χ0v) is 15.0. The fourth-order valence-electron chi connectivity index (χ4n) is 3.54. The summed E-state index contributed by atoms with van der Waals surface area (Å²) in [5, 5.41) is 10.7. The minimum Gasteiger partial charge on any atom is -0.387 e. The average Bonchev–Trinajstić information content (AvgIpc) is 2.61. The fraction of sp³-hybridized carbons (Fsp3) is 0.706. The summed E-state index contributed by atoms with van der Waals surface area (Å²) in [6.07, 6.45) is 4.67. The van der Waals surface area contributed by atoms with Gasteiger partial charge in [0.25, 0.3) is 5.91 Å². The smallest absolute Gasteiger partial charge is 0.257 e. The van der Waals surface area contributed by atoms with Crippen LogP contribution in [0.2, 0.25) is 0 Å². The van der Waals surface area contributed by atoms with E-state index in [1.165, 1.54) is 0 Å². The van der Waals surface area contributed by atoms with E-state index in [1.54, 1.807) is 17.3 Å². The lowest BCUT2D eigenvalue weighted by atomic mass is 9.92. The Bertz CT molecular complexity index is 588. The van der Waals surface area contributed by atoms with Crippen molar-refractivity contribution in [2.45, 2.75) is 18.4 Å². The van der Waals surface area contributed by atoms with Gasteiger partial charge in [0.05, 0.1) is 30.9 Å². The molecule has 3 rings (SSSR count). The van der Waals surface area contributed by atoms with Crippen LogP contribution in [0, 0.1) is 0 Å². The lowest BCUT2D eigenvalue weighted by Gasteiger charge is -2.40. The number of likely N-dealkylation sites (tertiary alicyclic amines) is 1. The lowest BCUT2D eigenvalue weighted by Crippen LogP contribution is -2.54. The van der Waals surface area contributed by atoms with E-state index in [0.29, 0.717) is 50.8 Å². The normalized spacial score (nSPS) is 24.6. The maximum atomic E-state index is 12.7. The second-order valence-corrected chi connectivity index (χ2v) is 7.16. The molecule has 0 aromatic carbocycles. The maximum absolute atomic E-state index is 12.7. The maximum Gasteiger partial charge on any atom is 0.257 e. The number of hydrogen-bond donors (Lipinski definition) is 1. The van der Waals surface area contributed by atoms with Crippen molar-refractivity contribution >= 4 is 11.9 Å².